The topological polar surface area (TPSA) is 88.1 Å². The minimum absolute atomic E-state index is 0.0976. The standard InChI is InChI=1S/C22H12O7/c23-20-14-6-2-8-17(16(14)11-26-20)27-12-4-1-5-13(10-12)28-18-9-3-7-15-19(18)22(25)29-21(15)24/h1-10H,11H2. The molecule has 0 saturated carbocycles. The second kappa shape index (κ2) is 6.49. The molecular weight excluding hydrogens is 376 g/mol. The van der Waals surface area contributed by atoms with Crippen molar-refractivity contribution in [3.05, 3.63) is 82.9 Å². The van der Waals surface area contributed by atoms with Crippen LogP contribution in [0.1, 0.15) is 36.6 Å². The zero-order valence-corrected chi connectivity index (χ0v) is 14.8. The summed E-state index contributed by atoms with van der Waals surface area (Å²) in [5.41, 5.74) is 1.44. The molecule has 0 spiro atoms. The first-order valence-corrected chi connectivity index (χ1v) is 8.74. The number of esters is 3. The fraction of sp³-hybridized carbons (Fsp3) is 0.0455. The Kier molecular flexibility index (Phi) is 3.80. The molecule has 0 aliphatic carbocycles. The minimum Gasteiger partial charge on any atom is -0.457 e. The minimum atomic E-state index is -0.738. The van der Waals surface area contributed by atoms with Crippen molar-refractivity contribution < 1.29 is 33.3 Å². The van der Waals surface area contributed by atoms with Gasteiger partial charge in [-0.3, -0.25) is 0 Å². The second-order valence-electron chi connectivity index (χ2n) is 6.39. The molecule has 0 saturated heterocycles. The molecule has 0 unspecified atom stereocenters. The maximum Gasteiger partial charge on any atom is 0.350 e. The van der Waals surface area contributed by atoms with E-state index in [2.05, 4.69) is 4.74 Å². The molecule has 0 fully saturated rings. The van der Waals surface area contributed by atoms with Gasteiger partial charge < -0.3 is 18.9 Å². The maximum atomic E-state index is 11.9. The van der Waals surface area contributed by atoms with Crippen molar-refractivity contribution in [1.29, 1.82) is 0 Å². The lowest BCUT2D eigenvalue weighted by molar-refractivity contribution is 0.0441. The molecule has 3 aromatic carbocycles. The number of ether oxygens (including phenoxy) is 4. The number of hydrogen-bond acceptors (Lipinski definition) is 7. The predicted molar refractivity (Wildman–Crippen MR) is 98.3 cm³/mol. The lowest BCUT2D eigenvalue weighted by Gasteiger charge is -2.11. The van der Waals surface area contributed by atoms with E-state index < -0.39 is 11.9 Å². The highest BCUT2D eigenvalue weighted by Gasteiger charge is 2.33. The zero-order valence-electron chi connectivity index (χ0n) is 14.8. The lowest BCUT2D eigenvalue weighted by Crippen LogP contribution is -1.98. The van der Waals surface area contributed by atoms with E-state index in [-0.39, 0.29) is 29.5 Å². The van der Waals surface area contributed by atoms with Gasteiger partial charge in [-0.25, -0.2) is 14.4 Å². The van der Waals surface area contributed by atoms with Crippen molar-refractivity contribution in [2.24, 2.45) is 0 Å². The highest BCUT2D eigenvalue weighted by Crippen LogP contribution is 2.36. The molecule has 29 heavy (non-hydrogen) atoms. The molecule has 0 amide bonds. The smallest absolute Gasteiger partial charge is 0.350 e. The van der Waals surface area contributed by atoms with Crippen LogP contribution in [0.2, 0.25) is 0 Å². The van der Waals surface area contributed by atoms with E-state index in [1.165, 1.54) is 6.07 Å². The Morgan fingerprint density at radius 1 is 0.690 bits per heavy atom. The molecule has 0 bridgehead atoms. The third-order valence-electron chi connectivity index (χ3n) is 4.60. The maximum absolute atomic E-state index is 11.9. The van der Waals surface area contributed by atoms with E-state index in [1.54, 1.807) is 54.6 Å². The highest BCUT2D eigenvalue weighted by atomic mass is 16.6. The van der Waals surface area contributed by atoms with Gasteiger partial charge in [-0.15, -0.1) is 0 Å². The molecule has 2 heterocycles. The number of fused-ring (bicyclic) bond motifs is 2. The third-order valence-corrected chi connectivity index (χ3v) is 4.60. The quantitative estimate of drug-likeness (QED) is 0.488. The van der Waals surface area contributed by atoms with E-state index in [0.717, 1.165) is 0 Å². The molecule has 2 aliphatic heterocycles. The molecule has 0 N–H and O–H groups in total. The molecule has 0 radical (unpaired) electrons. The Hall–Kier alpha value is -4.13. The highest BCUT2D eigenvalue weighted by molar-refractivity contribution is 6.16. The number of rotatable bonds is 4. The van der Waals surface area contributed by atoms with Gasteiger partial charge in [0.1, 0.15) is 35.2 Å². The van der Waals surface area contributed by atoms with Gasteiger partial charge in [0, 0.05) is 11.6 Å². The van der Waals surface area contributed by atoms with Crippen LogP contribution >= 0.6 is 0 Å². The van der Waals surface area contributed by atoms with Crippen molar-refractivity contribution in [3.8, 4) is 23.0 Å². The second-order valence-corrected chi connectivity index (χ2v) is 6.39. The van der Waals surface area contributed by atoms with Gasteiger partial charge in [-0.2, -0.15) is 0 Å². The average molecular weight is 388 g/mol. The summed E-state index contributed by atoms with van der Waals surface area (Å²) in [5.74, 6) is -0.193. The number of carbonyl (C=O) groups is 3. The number of benzene rings is 3. The molecule has 2 aliphatic rings. The zero-order chi connectivity index (χ0) is 20.0. The number of carbonyl (C=O) groups excluding carboxylic acids is 3. The molecule has 7 nitrogen and oxygen atoms in total. The number of cyclic esters (lactones) is 3. The Morgan fingerprint density at radius 3 is 2.14 bits per heavy atom. The van der Waals surface area contributed by atoms with Crippen LogP contribution in [-0.2, 0) is 16.1 Å². The Bertz CT molecular complexity index is 1200. The monoisotopic (exact) mass is 388 g/mol. The molecule has 142 valence electrons. The van der Waals surface area contributed by atoms with E-state index >= 15 is 0 Å². The SMILES string of the molecule is O=C1OCc2c(Oc3cccc(Oc4cccc5c4C(=O)OC5=O)c3)cccc21. The van der Waals surface area contributed by atoms with Crippen molar-refractivity contribution in [2.45, 2.75) is 6.61 Å². The van der Waals surface area contributed by atoms with Gasteiger partial charge >= 0.3 is 17.9 Å². The average Bonchev–Trinajstić information content (AvgIpc) is 3.23. The Balaban J connectivity index is 1.43. The summed E-state index contributed by atoms with van der Waals surface area (Å²) in [5, 5.41) is 0. The summed E-state index contributed by atoms with van der Waals surface area (Å²) in [6.07, 6.45) is 0. The number of hydrogen-bond donors (Lipinski definition) is 0. The van der Waals surface area contributed by atoms with Crippen LogP contribution in [0, 0.1) is 0 Å². The van der Waals surface area contributed by atoms with E-state index in [0.29, 0.717) is 28.4 Å². The van der Waals surface area contributed by atoms with Crippen molar-refractivity contribution >= 4 is 17.9 Å². The summed E-state index contributed by atoms with van der Waals surface area (Å²) in [6, 6.07) is 16.6. The van der Waals surface area contributed by atoms with Crippen LogP contribution in [0.5, 0.6) is 23.0 Å². The van der Waals surface area contributed by atoms with Crippen molar-refractivity contribution in [3.63, 3.8) is 0 Å². The summed E-state index contributed by atoms with van der Waals surface area (Å²) < 4.78 is 21.4. The molecule has 0 aromatic heterocycles. The van der Waals surface area contributed by atoms with Gasteiger partial charge in [0.2, 0.25) is 0 Å². The largest absolute Gasteiger partial charge is 0.457 e. The summed E-state index contributed by atoms with van der Waals surface area (Å²) in [4.78, 5) is 35.4. The van der Waals surface area contributed by atoms with Gasteiger partial charge in [0.25, 0.3) is 0 Å². The van der Waals surface area contributed by atoms with Crippen LogP contribution in [0.25, 0.3) is 0 Å². The fourth-order valence-corrected chi connectivity index (χ4v) is 3.26. The first-order valence-electron chi connectivity index (χ1n) is 8.74. The van der Waals surface area contributed by atoms with Gasteiger partial charge in [0.05, 0.1) is 11.1 Å². The molecule has 7 heteroatoms. The van der Waals surface area contributed by atoms with Crippen LogP contribution in [0.4, 0.5) is 0 Å². The third kappa shape index (κ3) is 2.89. The Labute approximate surface area is 164 Å². The van der Waals surface area contributed by atoms with E-state index in [1.807, 2.05) is 0 Å². The molecule has 5 rings (SSSR count). The lowest BCUT2D eigenvalue weighted by atomic mass is 10.1. The molecular formula is C22H12O7. The van der Waals surface area contributed by atoms with Crippen LogP contribution in [-0.4, -0.2) is 17.9 Å². The Morgan fingerprint density at radius 2 is 1.34 bits per heavy atom. The molecule has 0 atom stereocenters. The van der Waals surface area contributed by atoms with Gasteiger partial charge in [-0.1, -0.05) is 18.2 Å². The first-order chi connectivity index (χ1) is 14.1. The van der Waals surface area contributed by atoms with E-state index in [4.69, 9.17) is 14.2 Å². The van der Waals surface area contributed by atoms with Crippen LogP contribution < -0.4 is 9.47 Å². The van der Waals surface area contributed by atoms with Gasteiger partial charge in [0.15, 0.2) is 0 Å². The van der Waals surface area contributed by atoms with Crippen molar-refractivity contribution in [1.82, 2.24) is 0 Å². The van der Waals surface area contributed by atoms with Crippen LogP contribution in [0.15, 0.2) is 60.7 Å². The van der Waals surface area contributed by atoms with Crippen LogP contribution in [0.3, 0.4) is 0 Å². The summed E-state index contributed by atoms with van der Waals surface area (Å²) in [6.45, 7) is 0.160. The van der Waals surface area contributed by atoms with Gasteiger partial charge in [-0.05, 0) is 36.4 Å². The summed E-state index contributed by atoms with van der Waals surface area (Å²) >= 11 is 0. The normalized spacial score (nSPS) is 14.1. The first kappa shape index (κ1) is 17.0. The molecule has 3 aromatic rings. The predicted octanol–water partition coefficient (Wildman–Crippen LogP) is 4.25. The van der Waals surface area contributed by atoms with E-state index in [9.17, 15) is 14.4 Å². The fourth-order valence-electron chi connectivity index (χ4n) is 3.26. The summed E-state index contributed by atoms with van der Waals surface area (Å²) in [7, 11) is 0. The van der Waals surface area contributed by atoms with Crippen molar-refractivity contribution in [2.75, 3.05) is 0 Å².